The van der Waals surface area contributed by atoms with Gasteiger partial charge in [0.1, 0.15) is 0 Å². The SMILES string of the molecule is FC(F)(F)C(F)(F)c1ccccc1[S]. The monoisotopic (exact) mass is 227 g/mol. The molecular weight excluding hydrogens is 223 g/mol. The van der Waals surface area contributed by atoms with Gasteiger partial charge in [0.2, 0.25) is 0 Å². The summed E-state index contributed by atoms with van der Waals surface area (Å²) in [7, 11) is 0. The highest BCUT2D eigenvalue weighted by atomic mass is 32.1. The fourth-order valence-corrected chi connectivity index (χ4v) is 1.15. The molecule has 77 valence electrons. The molecule has 0 saturated heterocycles. The Bertz CT molecular complexity index is 331. The minimum Gasteiger partial charge on any atom is -0.191 e. The Morgan fingerprint density at radius 2 is 1.43 bits per heavy atom. The zero-order valence-electron chi connectivity index (χ0n) is 6.61. The molecule has 0 saturated carbocycles. The van der Waals surface area contributed by atoms with Gasteiger partial charge in [0, 0.05) is 10.5 Å². The third-order valence-electron chi connectivity index (χ3n) is 1.58. The second kappa shape index (κ2) is 3.34. The van der Waals surface area contributed by atoms with E-state index >= 15 is 0 Å². The predicted molar refractivity (Wildman–Crippen MR) is 42.2 cm³/mol. The summed E-state index contributed by atoms with van der Waals surface area (Å²) in [6.07, 6.45) is -5.61. The first-order chi connectivity index (χ1) is 6.27. The van der Waals surface area contributed by atoms with Gasteiger partial charge in [-0.05, 0) is 6.07 Å². The summed E-state index contributed by atoms with van der Waals surface area (Å²) < 4.78 is 61.2. The summed E-state index contributed by atoms with van der Waals surface area (Å²) in [5.41, 5.74) is -1.18. The van der Waals surface area contributed by atoms with Crippen molar-refractivity contribution >= 4 is 12.6 Å². The van der Waals surface area contributed by atoms with Gasteiger partial charge in [-0.1, -0.05) is 30.8 Å². The van der Waals surface area contributed by atoms with Crippen molar-refractivity contribution in [2.45, 2.75) is 17.0 Å². The maximum atomic E-state index is 12.7. The fraction of sp³-hybridized carbons (Fsp3) is 0.250. The highest BCUT2D eigenvalue weighted by Gasteiger charge is 2.59. The van der Waals surface area contributed by atoms with Crippen LogP contribution in [0, 0.1) is 0 Å². The van der Waals surface area contributed by atoms with Crippen molar-refractivity contribution in [3.05, 3.63) is 29.8 Å². The van der Waals surface area contributed by atoms with E-state index in [1.165, 1.54) is 6.07 Å². The molecule has 1 rings (SSSR count). The normalized spacial score (nSPS) is 12.9. The first-order valence-corrected chi connectivity index (χ1v) is 3.88. The molecule has 1 radical (unpaired) electrons. The summed E-state index contributed by atoms with van der Waals surface area (Å²) in [6.45, 7) is 0. The van der Waals surface area contributed by atoms with Gasteiger partial charge in [0.05, 0.1) is 0 Å². The van der Waals surface area contributed by atoms with Crippen molar-refractivity contribution in [3.8, 4) is 0 Å². The minimum atomic E-state index is -5.61. The Labute approximate surface area is 82.1 Å². The molecule has 1 aromatic rings. The smallest absolute Gasteiger partial charge is 0.191 e. The maximum Gasteiger partial charge on any atom is 0.458 e. The number of rotatable bonds is 1. The number of hydrogen-bond acceptors (Lipinski definition) is 0. The van der Waals surface area contributed by atoms with Gasteiger partial charge in [0.15, 0.2) is 0 Å². The molecule has 0 heterocycles. The van der Waals surface area contributed by atoms with Crippen molar-refractivity contribution in [3.63, 3.8) is 0 Å². The van der Waals surface area contributed by atoms with Gasteiger partial charge in [-0.3, -0.25) is 0 Å². The molecule has 0 amide bonds. The lowest BCUT2D eigenvalue weighted by Gasteiger charge is -2.20. The van der Waals surface area contributed by atoms with E-state index in [-0.39, 0.29) is 0 Å². The van der Waals surface area contributed by atoms with Crippen LogP contribution in [-0.4, -0.2) is 6.18 Å². The number of hydrogen-bond donors (Lipinski definition) is 0. The van der Waals surface area contributed by atoms with Gasteiger partial charge < -0.3 is 0 Å². The second-order valence-electron chi connectivity index (χ2n) is 2.57. The van der Waals surface area contributed by atoms with Gasteiger partial charge in [-0.15, -0.1) is 0 Å². The highest BCUT2D eigenvalue weighted by Crippen LogP contribution is 2.45. The Hall–Kier alpha value is -0.910. The van der Waals surface area contributed by atoms with Gasteiger partial charge in [-0.25, -0.2) is 0 Å². The van der Waals surface area contributed by atoms with Crippen LogP contribution in [0.2, 0.25) is 0 Å². The van der Waals surface area contributed by atoms with E-state index in [1.54, 1.807) is 0 Å². The van der Waals surface area contributed by atoms with Crippen LogP contribution >= 0.6 is 12.6 Å². The molecule has 14 heavy (non-hydrogen) atoms. The van der Waals surface area contributed by atoms with Crippen LogP contribution in [0.5, 0.6) is 0 Å². The van der Waals surface area contributed by atoms with E-state index in [1.807, 2.05) is 0 Å². The van der Waals surface area contributed by atoms with Crippen molar-refractivity contribution < 1.29 is 22.0 Å². The molecule has 0 atom stereocenters. The predicted octanol–water partition coefficient (Wildman–Crippen LogP) is 3.90. The Morgan fingerprint density at radius 3 is 1.86 bits per heavy atom. The summed E-state index contributed by atoms with van der Waals surface area (Å²) >= 11 is 4.39. The third-order valence-corrected chi connectivity index (χ3v) is 1.94. The molecule has 0 unspecified atom stereocenters. The van der Waals surface area contributed by atoms with Crippen molar-refractivity contribution in [1.82, 2.24) is 0 Å². The summed E-state index contributed by atoms with van der Waals surface area (Å²) in [5, 5.41) is 0. The molecular formula is C8H4F5S. The first-order valence-electron chi connectivity index (χ1n) is 3.48. The van der Waals surface area contributed by atoms with Crippen molar-refractivity contribution in [2.24, 2.45) is 0 Å². The van der Waals surface area contributed by atoms with Crippen LogP contribution in [0.25, 0.3) is 0 Å². The standard InChI is InChI=1S/C8H4F5S/c9-7(10,8(11,12)13)5-3-1-2-4-6(5)14/h1-4H. The van der Waals surface area contributed by atoms with E-state index in [9.17, 15) is 22.0 Å². The Morgan fingerprint density at radius 1 is 0.929 bits per heavy atom. The lowest BCUT2D eigenvalue weighted by Crippen LogP contribution is -2.33. The minimum absolute atomic E-state index is 0.491. The Balaban J connectivity index is 3.23. The average Bonchev–Trinajstić information content (AvgIpc) is 2.02. The number of alkyl halides is 5. The molecule has 0 aliphatic rings. The zero-order chi connectivity index (χ0) is 11.0. The molecule has 6 heteroatoms. The van der Waals surface area contributed by atoms with Crippen LogP contribution in [0.1, 0.15) is 5.56 Å². The molecule has 0 aromatic heterocycles. The molecule has 0 spiro atoms. The summed E-state index contributed by atoms with van der Waals surface area (Å²) in [6, 6.07) is 4.10. The quantitative estimate of drug-likeness (QED) is 0.638. The first kappa shape index (κ1) is 11.2. The summed E-state index contributed by atoms with van der Waals surface area (Å²) in [4.78, 5) is -0.491. The lowest BCUT2D eigenvalue weighted by molar-refractivity contribution is -0.290. The summed E-state index contributed by atoms with van der Waals surface area (Å²) in [5.74, 6) is -4.88. The van der Waals surface area contributed by atoms with Crippen LogP contribution in [-0.2, 0) is 5.92 Å². The molecule has 0 bridgehead atoms. The average molecular weight is 227 g/mol. The number of halogens is 5. The highest BCUT2D eigenvalue weighted by molar-refractivity contribution is 7.80. The largest absolute Gasteiger partial charge is 0.458 e. The lowest BCUT2D eigenvalue weighted by atomic mass is 10.1. The number of benzene rings is 1. The third kappa shape index (κ3) is 1.79. The Kier molecular flexibility index (Phi) is 2.67. The molecule has 0 aliphatic carbocycles. The zero-order valence-corrected chi connectivity index (χ0v) is 7.42. The van der Waals surface area contributed by atoms with Crippen LogP contribution in [0.4, 0.5) is 22.0 Å². The van der Waals surface area contributed by atoms with Crippen LogP contribution in [0.3, 0.4) is 0 Å². The fourth-order valence-electron chi connectivity index (χ4n) is 0.879. The maximum absolute atomic E-state index is 12.7. The van der Waals surface area contributed by atoms with Gasteiger partial charge in [-0.2, -0.15) is 22.0 Å². The van der Waals surface area contributed by atoms with E-state index < -0.39 is 22.6 Å². The molecule has 0 N–H and O–H groups in total. The van der Waals surface area contributed by atoms with Gasteiger partial charge in [0.25, 0.3) is 0 Å². The molecule has 1 aromatic carbocycles. The van der Waals surface area contributed by atoms with E-state index in [0.717, 1.165) is 12.1 Å². The van der Waals surface area contributed by atoms with E-state index in [4.69, 9.17) is 0 Å². The van der Waals surface area contributed by atoms with Crippen LogP contribution in [0.15, 0.2) is 29.2 Å². The topological polar surface area (TPSA) is 0 Å². The van der Waals surface area contributed by atoms with E-state index in [0.29, 0.717) is 6.07 Å². The van der Waals surface area contributed by atoms with Gasteiger partial charge >= 0.3 is 12.1 Å². The van der Waals surface area contributed by atoms with Crippen molar-refractivity contribution in [1.29, 1.82) is 0 Å². The van der Waals surface area contributed by atoms with Crippen LogP contribution < -0.4 is 0 Å². The molecule has 0 fully saturated rings. The molecule has 0 nitrogen and oxygen atoms in total. The molecule has 0 aliphatic heterocycles. The van der Waals surface area contributed by atoms with E-state index in [2.05, 4.69) is 12.6 Å². The van der Waals surface area contributed by atoms with Crippen molar-refractivity contribution in [2.75, 3.05) is 0 Å². The second-order valence-corrected chi connectivity index (χ2v) is 3.01.